The highest BCUT2D eigenvalue weighted by atomic mass is 16.2. The molecule has 184 valence electrons. The van der Waals surface area contributed by atoms with Crippen molar-refractivity contribution in [1.82, 2.24) is 0 Å². The number of aliphatic hydroxyl groups is 1. The topological polar surface area (TPSA) is 51.7 Å². The average Bonchev–Trinajstić information content (AvgIpc) is 2.74. The number of hydrogen-bond donors (Lipinski definition) is 1. The molecule has 0 amide bonds. The Kier molecular flexibility index (Phi) is 33.3. The van der Waals surface area contributed by atoms with Crippen LogP contribution < -0.4 is 0 Å². The number of rotatable bonds is 26. The third-order valence-electron chi connectivity index (χ3n) is 6.51. The predicted molar refractivity (Wildman–Crippen MR) is 136 cm³/mol. The molecular formula is C28H60O2. The van der Waals surface area contributed by atoms with Crippen molar-refractivity contribution < 1.29 is 10.6 Å². The quantitative estimate of drug-likeness (QED) is 0.137. The molecule has 2 nitrogen and oxygen atoms in total. The normalized spacial score (nSPS) is 11.0. The van der Waals surface area contributed by atoms with Gasteiger partial charge in [0.25, 0.3) is 0 Å². The summed E-state index contributed by atoms with van der Waals surface area (Å²) in [6.07, 6.45) is 37.1. The van der Waals surface area contributed by atoms with Crippen LogP contribution in [0.4, 0.5) is 0 Å². The maximum atomic E-state index is 8.75. The standard InChI is InChI=1S/C28H58O.H2O/c1-2-3-4-5-6-7-8-9-10-11-12-13-14-15-16-17-18-19-20-21-22-23-24-25-26-27-28-29;/h29H,2-28H2,1H3;1H2. The van der Waals surface area contributed by atoms with Crippen molar-refractivity contribution in [1.29, 1.82) is 0 Å². The molecular weight excluding hydrogens is 368 g/mol. The molecule has 0 atom stereocenters. The molecule has 0 aliphatic rings. The van der Waals surface area contributed by atoms with Crippen molar-refractivity contribution in [2.45, 2.75) is 174 Å². The van der Waals surface area contributed by atoms with Gasteiger partial charge in [-0.2, -0.15) is 0 Å². The summed E-state index contributed by atoms with van der Waals surface area (Å²) in [5.74, 6) is 0. The third kappa shape index (κ3) is 30.1. The molecule has 0 heterocycles. The summed E-state index contributed by atoms with van der Waals surface area (Å²) < 4.78 is 0. The molecule has 0 aromatic rings. The van der Waals surface area contributed by atoms with Crippen molar-refractivity contribution in [3.05, 3.63) is 0 Å². The lowest BCUT2D eigenvalue weighted by Crippen LogP contribution is -1.85. The molecule has 0 radical (unpaired) electrons. The lowest BCUT2D eigenvalue weighted by atomic mass is 10.0. The molecule has 2 heteroatoms. The van der Waals surface area contributed by atoms with Crippen LogP contribution in [0.1, 0.15) is 174 Å². The fourth-order valence-corrected chi connectivity index (χ4v) is 4.43. The minimum atomic E-state index is 0. The van der Waals surface area contributed by atoms with Crippen LogP contribution >= 0.6 is 0 Å². The Morgan fingerprint density at radius 3 is 0.633 bits per heavy atom. The van der Waals surface area contributed by atoms with Gasteiger partial charge in [-0.1, -0.05) is 167 Å². The summed E-state index contributed by atoms with van der Waals surface area (Å²) in [7, 11) is 0. The highest BCUT2D eigenvalue weighted by molar-refractivity contribution is 4.51. The zero-order valence-corrected chi connectivity index (χ0v) is 21.0. The minimum absolute atomic E-state index is 0. The first-order valence-electron chi connectivity index (χ1n) is 14.0. The molecule has 0 bridgehead atoms. The molecule has 0 fully saturated rings. The van der Waals surface area contributed by atoms with Crippen LogP contribution in [0.25, 0.3) is 0 Å². The van der Waals surface area contributed by atoms with Gasteiger partial charge < -0.3 is 10.6 Å². The molecule has 0 aromatic carbocycles. The van der Waals surface area contributed by atoms with Crippen LogP contribution in [0.5, 0.6) is 0 Å². The smallest absolute Gasteiger partial charge is 0.0431 e. The summed E-state index contributed by atoms with van der Waals surface area (Å²) in [5.41, 5.74) is 0. The van der Waals surface area contributed by atoms with E-state index < -0.39 is 0 Å². The van der Waals surface area contributed by atoms with Crippen LogP contribution in [0.2, 0.25) is 0 Å². The lowest BCUT2D eigenvalue weighted by molar-refractivity contribution is 0.282. The third-order valence-corrected chi connectivity index (χ3v) is 6.51. The highest BCUT2D eigenvalue weighted by Gasteiger charge is 1.96. The SMILES string of the molecule is CCCCCCCCCCCCCCCCCCCCCCCCCCCCO.O. The first-order valence-corrected chi connectivity index (χ1v) is 14.0. The largest absolute Gasteiger partial charge is 0.412 e. The molecule has 0 spiro atoms. The maximum absolute atomic E-state index is 8.75. The van der Waals surface area contributed by atoms with Crippen molar-refractivity contribution >= 4 is 0 Å². The van der Waals surface area contributed by atoms with E-state index in [4.69, 9.17) is 5.11 Å². The first-order chi connectivity index (χ1) is 14.4. The van der Waals surface area contributed by atoms with E-state index in [-0.39, 0.29) is 5.48 Å². The molecule has 0 aliphatic carbocycles. The maximum Gasteiger partial charge on any atom is 0.0431 e. The van der Waals surface area contributed by atoms with Gasteiger partial charge in [0.15, 0.2) is 0 Å². The second kappa shape index (κ2) is 31.1. The highest BCUT2D eigenvalue weighted by Crippen LogP contribution is 2.15. The van der Waals surface area contributed by atoms with Crippen molar-refractivity contribution in [3.8, 4) is 0 Å². The zero-order chi connectivity index (χ0) is 21.1. The second-order valence-electron chi connectivity index (χ2n) is 9.56. The van der Waals surface area contributed by atoms with Gasteiger partial charge in [-0.05, 0) is 6.42 Å². The van der Waals surface area contributed by atoms with E-state index in [2.05, 4.69) is 6.92 Å². The molecule has 0 aromatic heterocycles. The van der Waals surface area contributed by atoms with Crippen molar-refractivity contribution in [2.75, 3.05) is 6.61 Å². The van der Waals surface area contributed by atoms with Gasteiger partial charge in [0, 0.05) is 6.61 Å². The average molecular weight is 429 g/mol. The Morgan fingerprint density at radius 1 is 0.300 bits per heavy atom. The van der Waals surface area contributed by atoms with Gasteiger partial charge in [-0.25, -0.2) is 0 Å². The molecule has 0 aliphatic heterocycles. The molecule has 30 heavy (non-hydrogen) atoms. The van der Waals surface area contributed by atoms with Gasteiger partial charge in [-0.3, -0.25) is 0 Å². The van der Waals surface area contributed by atoms with E-state index in [1.165, 1.54) is 161 Å². The Labute approximate surface area is 191 Å². The Hall–Kier alpha value is -0.0800. The Morgan fingerprint density at radius 2 is 0.467 bits per heavy atom. The van der Waals surface area contributed by atoms with Gasteiger partial charge in [0.2, 0.25) is 0 Å². The van der Waals surface area contributed by atoms with E-state index in [0.29, 0.717) is 6.61 Å². The molecule has 0 saturated heterocycles. The van der Waals surface area contributed by atoms with Crippen molar-refractivity contribution in [3.63, 3.8) is 0 Å². The van der Waals surface area contributed by atoms with Crippen LogP contribution in [-0.4, -0.2) is 17.2 Å². The fraction of sp³-hybridized carbons (Fsp3) is 1.00. The molecule has 0 unspecified atom stereocenters. The first kappa shape index (κ1) is 32.1. The van der Waals surface area contributed by atoms with E-state index >= 15 is 0 Å². The van der Waals surface area contributed by atoms with Gasteiger partial charge in [0.05, 0.1) is 0 Å². The summed E-state index contributed by atoms with van der Waals surface area (Å²) in [6, 6.07) is 0. The van der Waals surface area contributed by atoms with Gasteiger partial charge in [0.1, 0.15) is 0 Å². The number of hydrogen-bond acceptors (Lipinski definition) is 1. The van der Waals surface area contributed by atoms with Gasteiger partial charge >= 0.3 is 0 Å². The summed E-state index contributed by atoms with van der Waals surface area (Å²) in [5, 5.41) is 8.75. The number of unbranched alkanes of at least 4 members (excludes halogenated alkanes) is 25. The summed E-state index contributed by atoms with van der Waals surface area (Å²) >= 11 is 0. The van der Waals surface area contributed by atoms with Crippen molar-refractivity contribution in [2.24, 2.45) is 0 Å². The molecule has 3 N–H and O–H groups in total. The summed E-state index contributed by atoms with van der Waals surface area (Å²) in [4.78, 5) is 0. The van der Waals surface area contributed by atoms with E-state index in [1.807, 2.05) is 0 Å². The fourth-order valence-electron chi connectivity index (χ4n) is 4.43. The van der Waals surface area contributed by atoms with E-state index in [0.717, 1.165) is 6.42 Å². The number of aliphatic hydroxyl groups excluding tert-OH is 1. The lowest BCUT2D eigenvalue weighted by Gasteiger charge is -2.04. The van der Waals surface area contributed by atoms with E-state index in [1.54, 1.807) is 0 Å². The molecule has 0 rings (SSSR count). The van der Waals surface area contributed by atoms with Crippen LogP contribution in [-0.2, 0) is 0 Å². The Bertz CT molecular complexity index is 241. The molecule has 0 saturated carbocycles. The predicted octanol–water partition coefficient (Wildman–Crippen LogP) is 9.32. The Balaban J connectivity index is 0. The van der Waals surface area contributed by atoms with Crippen LogP contribution in [0.3, 0.4) is 0 Å². The van der Waals surface area contributed by atoms with E-state index in [9.17, 15) is 0 Å². The summed E-state index contributed by atoms with van der Waals surface area (Å²) in [6.45, 7) is 2.67. The second-order valence-corrected chi connectivity index (χ2v) is 9.56. The van der Waals surface area contributed by atoms with Crippen LogP contribution in [0, 0.1) is 0 Å². The minimum Gasteiger partial charge on any atom is -0.412 e. The monoisotopic (exact) mass is 428 g/mol. The van der Waals surface area contributed by atoms with Crippen LogP contribution in [0.15, 0.2) is 0 Å². The van der Waals surface area contributed by atoms with Gasteiger partial charge in [-0.15, -0.1) is 0 Å². The zero-order valence-electron chi connectivity index (χ0n) is 21.0.